The molecular formula is C15H20N2O3. The first-order valence-corrected chi connectivity index (χ1v) is 6.86. The van der Waals surface area contributed by atoms with Crippen molar-refractivity contribution in [3.05, 3.63) is 29.8 Å². The minimum absolute atomic E-state index is 0.178. The average Bonchev–Trinajstić information content (AvgIpc) is 3.21. The van der Waals surface area contributed by atoms with Gasteiger partial charge < -0.3 is 15.3 Å². The van der Waals surface area contributed by atoms with Crippen LogP contribution in [0.4, 0.5) is 5.69 Å². The zero-order valence-electron chi connectivity index (χ0n) is 11.6. The molecule has 5 nitrogen and oxygen atoms in total. The lowest BCUT2D eigenvalue weighted by atomic mass is 10.2. The van der Waals surface area contributed by atoms with Gasteiger partial charge >= 0.3 is 5.97 Å². The van der Waals surface area contributed by atoms with Crippen LogP contribution >= 0.6 is 0 Å². The number of benzene rings is 1. The second kappa shape index (κ2) is 6.52. The second-order valence-electron chi connectivity index (χ2n) is 5.28. The summed E-state index contributed by atoms with van der Waals surface area (Å²) in [6.45, 7) is 2.65. The predicted molar refractivity (Wildman–Crippen MR) is 76.8 cm³/mol. The third kappa shape index (κ3) is 4.35. The summed E-state index contributed by atoms with van der Waals surface area (Å²) in [4.78, 5) is 24.4. The van der Waals surface area contributed by atoms with E-state index in [1.54, 1.807) is 12.1 Å². The van der Waals surface area contributed by atoms with Crippen LogP contribution < -0.4 is 10.2 Å². The fourth-order valence-electron chi connectivity index (χ4n) is 1.98. The molecule has 1 amide bonds. The molecule has 0 aromatic heterocycles. The van der Waals surface area contributed by atoms with Crippen LogP contribution in [0.1, 0.15) is 18.4 Å². The summed E-state index contributed by atoms with van der Waals surface area (Å²) in [5.41, 5.74) is 1.69. The maximum Gasteiger partial charge on any atom is 0.323 e. The molecule has 1 saturated carbocycles. The van der Waals surface area contributed by atoms with Crippen LogP contribution in [-0.4, -0.2) is 36.6 Å². The number of carbonyl (C=O) groups excluding carboxylic acids is 1. The third-order valence-corrected chi connectivity index (χ3v) is 3.35. The van der Waals surface area contributed by atoms with Crippen LogP contribution in [0.25, 0.3) is 0 Å². The zero-order valence-corrected chi connectivity index (χ0v) is 11.6. The lowest BCUT2D eigenvalue weighted by Crippen LogP contribution is -2.41. The van der Waals surface area contributed by atoms with Crippen molar-refractivity contribution < 1.29 is 14.7 Å². The average molecular weight is 276 g/mol. The van der Waals surface area contributed by atoms with Crippen molar-refractivity contribution in [2.24, 2.45) is 5.92 Å². The highest BCUT2D eigenvalue weighted by Gasteiger charge is 2.22. The number of nitrogens with zero attached hydrogens (tertiary/aromatic N) is 1. The van der Waals surface area contributed by atoms with Gasteiger partial charge in [-0.3, -0.25) is 9.59 Å². The Labute approximate surface area is 118 Å². The van der Waals surface area contributed by atoms with E-state index in [0.717, 1.165) is 12.1 Å². The highest BCUT2D eigenvalue weighted by molar-refractivity contribution is 5.98. The summed E-state index contributed by atoms with van der Waals surface area (Å²) < 4.78 is 0. The highest BCUT2D eigenvalue weighted by Crippen LogP contribution is 2.27. The fraction of sp³-hybridized carbons (Fsp3) is 0.467. The van der Waals surface area contributed by atoms with E-state index in [1.807, 2.05) is 19.1 Å². The molecule has 0 bridgehead atoms. The van der Waals surface area contributed by atoms with Crippen LogP contribution in [0, 0.1) is 12.8 Å². The van der Waals surface area contributed by atoms with Gasteiger partial charge in [0.05, 0.1) is 6.54 Å². The molecule has 0 unspecified atom stereocenters. The molecule has 2 N–H and O–H groups in total. The van der Waals surface area contributed by atoms with Gasteiger partial charge in [-0.15, -0.1) is 0 Å². The minimum atomic E-state index is -1.01. The largest absolute Gasteiger partial charge is 0.480 e. The first-order chi connectivity index (χ1) is 9.56. The van der Waals surface area contributed by atoms with E-state index in [-0.39, 0.29) is 19.0 Å². The Morgan fingerprint density at radius 1 is 1.30 bits per heavy atom. The Balaban J connectivity index is 1.99. The van der Waals surface area contributed by atoms with Gasteiger partial charge in [0.2, 0.25) is 5.91 Å². The molecule has 1 aromatic rings. The molecule has 0 saturated heterocycles. The van der Waals surface area contributed by atoms with Crippen molar-refractivity contribution in [2.75, 3.05) is 24.5 Å². The van der Waals surface area contributed by atoms with Crippen LogP contribution in [-0.2, 0) is 9.59 Å². The van der Waals surface area contributed by atoms with Gasteiger partial charge in [0, 0.05) is 5.69 Å². The number of carboxylic acids is 1. The molecule has 1 aromatic carbocycles. The number of nitrogens with one attached hydrogen (secondary N) is 1. The van der Waals surface area contributed by atoms with E-state index < -0.39 is 5.97 Å². The molecule has 1 fully saturated rings. The normalized spacial score (nSPS) is 14.1. The van der Waals surface area contributed by atoms with Crippen LogP contribution in [0.2, 0.25) is 0 Å². The number of aryl methyl sites for hydroxylation is 1. The lowest BCUT2D eigenvalue weighted by molar-refractivity contribution is -0.136. The number of carbonyl (C=O) groups is 2. The smallest absolute Gasteiger partial charge is 0.323 e. The quantitative estimate of drug-likeness (QED) is 0.790. The Bertz CT molecular complexity index is 480. The summed E-state index contributed by atoms with van der Waals surface area (Å²) in [7, 11) is 0. The van der Waals surface area contributed by atoms with Crippen LogP contribution in [0.5, 0.6) is 0 Å². The van der Waals surface area contributed by atoms with Gasteiger partial charge in [0.15, 0.2) is 0 Å². The molecule has 1 aliphatic carbocycles. The van der Waals surface area contributed by atoms with Crippen molar-refractivity contribution in [3.63, 3.8) is 0 Å². The topological polar surface area (TPSA) is 69.6 Å². The summed E-state index contributed by atoms with van der Waals surface area (Å²) >= 11 is 0. The van der Waals surface area contributed by atoms with E-state index in [1.165, 1.54) is 17.7 Å². The van der Waals surface area contributed by atoms with Crippen molar-refractivity contribution in [3.8, 4) is 0 Å². The van der Waals surface area contributed by atoms with E-state index in [4.69, 9.17) is 5.11 Å². The summed E-state index contributed by atoms with van der Waals surface area (Å²) in [5, 5.41) is 12.1. The predicted octanol–water partition coefficient (Wildman–Crippen LogP) is 1.41. The molecule has 0 heterocycles. The van der Waals surface area contributed by atoms with Crippen molar-refractivity contribution >= 4 is 17.6 Å². The van der Waals surface area contributed by atoms with Crippen LogP contribution in [0.3, 0.4) is 0 Å². The van der Waals surface area contributed by atoms with E-state index in [9.17, 15) is 9.59 Å². The van der Waals surface area contributed by atoms with Gasteiger partial charge in [-0.25, -0.2) is 0 Å². The molecule has 2 rings (SSSR count). The van der Waals surface area contributed by atoms with Crippen molar-refractivity contribution in [1.29, 1.82) is 0 Å². The number of rotatable bonds is 7. The number of amides is 1. The molecule has 0 radical (unpaired) electrons. The molecule has 0 atom stereocenters. The number of carboxylic acid groups (broad SMARTS) is 1. The minimum Gasteiger partial charge on any atom is -0.480 e. The Morgan fingerprint density at radius 3 is 2.50 bits per heavy atom. The Morgan fingerprint density at radius 2 is 1.95 bits per heavy atom. The maximum absolute atomic E-state index is 12.2. The standard InChI is InChI=1S/C15H20N2O3/c1-11-2-6-13(7-3-11)17(10-15(19)20)14(18)9-16-8-12-4-5-12/h2-3,6-7,12,16H,4-5,8-10H2,1H3,(H,19,20). The Hall–Kier alpha value is -1.88. The van der Waals surface area contributed by atoms with E-state index in [2.05, 4.69) is 5.32 Å². The number of aliphatic carboxylic acids is 1. The number of anilines is 1. The molecule has 0 aliphatic heterocycles. The highest BCUT2D eigenvalue weighted by atomic mass is 16.4. The maximum atomic E-state index is 12.2. The Kier molecular flexibility index (Phi) is 4.74. The number of hydrogen-bond donors (Lipinski definition) is 2. The van der Waals surface area contributed by atoms with Crippen molar-refractivity contribution in [1.82, 2.24) is 5.32 Å². The molecule has 5 heteroatoms. The van der Waals surface area contributed by atoms with Crippen molar-refractivity contribution in [2.45, 2.75) is 19.8 Å². The first-order valence-electron chi connectivity index (χ1n) is 6.86. The van der Waals surface area contributed by atoms with Crippen LogP contribution in [0.15, 0.2) is 24.3 Å². The van der Waals surface area contributed by atoms with E-state index in [0.29, 0.717) is 11.6 Å². The lowest BCUT2D eigenvalue weighted by Gasteiger charge is -2.21. The molecular weight excluding hydrogens is 256 g/mol. The second-order valence-corrected chi connectivity index (χ2v) is 5.28. The first kappa shape index (κ1) is 14.5. The fourth-order valence-corrected chi connectivity index (χ4v) is 1.98. The molecule has 1 aliphatic rings. The summed E-state index contributed by atoms with van der Waals surface area (Å²) in [5.74, 6) is -0.534. The van der Waals surface area contributed by atoms with Gasteiger partial charge in [-0.2, -0.15) is 0 Å². The van der Waals surface area contributed by atoms with E-state index >= 15 is 0 Å². The van der Waals surface area contributed by atoms with Gasteiger partial charge in [-0.05, 0) is 44.4 Å². The summed E-state index contributed by atoms with van der Waals surface area (Å²) in [6.07, 6.45) is 2.44. The van der Waals surface area contributed by atoms with Gasteiger partial charge in [0.25, 0.3) is 0 Å². The molecule has 0 spiro atoms. The van der Waals surface area contributed by atoms with Gasteiger partial charge in [-0.1, -0.05) is 17.7 Å². The molecule has 108 valence electrons. The zero-order chi connectivity index (χ0) is 14.5. The number of hydrogen-bond acceptors (Lipinski definition) is 3. The van der Waals surface area contributed by atoms with Gasteiger partial charge in [0.1, 0.15) is 6.54 Å². The molecule has 20 heavy (non-hydrogen) atoms. The third-order valence-electron chi connectivity index (χ3n) is 3.35. The SMILES string of the molecule is Cc1ccc(N(CC(=O)O)C(=O)CNCC2CC2)cc1. The summed E-state index contributed by atoms with van der Waals surface area (Å²) in [6, 6.07) is 7.29. The monoisotopic (exact) mass is 276 g/mol.